The molecule has 0 aromatic heterocycles. The zero-order chi connectivity index (χ0) is 7.56. The number of hydrogen-bond acceptors (Lipinski definition) is 1. The molecule has 0 aromatic carbocycles. The molecule has 1 aliphatic carbocycles. The van der Waals surface area contributed by atoms with Crippen molar-refractivity contribution >= 4 is 28.4 Å². The second kappa shape index (κ2) is 3.51. The maximum absolute atomic E-state index is 11.1. The monoisotopic (exact) mass is 250 g/mol. The van der Waals surface area contributed by atoms with E-state index in [4.69, 9.17) is 0 Å². The third-order valence-electron chi connectivity index (χ3n) is 1.95. The molecule has 0 aromatic rings. The summed E-state index contributed by atoms with van der Waals surface area (Å²) in [6.07, 6.45) is 4.88. The lowest BCUT2D eigenvalue weighted by molar-refractivity contribution is -0.120. The molecule has 1 nitrogen and oxygen atoms in total. The summed E-state index contributed by atoms with van der Waals surface area (Å²) in [5, 5.41) is 0. The van der Waals surface area contributed by atoms with Crippen molar-refractivity contribution in [3.8, 4) is 0 Å². The minimum absolute atomic E-state index is 0.198. The molecule has 1 fully saturated rings. The van der Waals surface area contributed by atoms with E-state index in [1.807, 2.05) is 6.08 Å². The van der Waals surface area contributed by atoms with Crippen LogP contribution in [-0.2, 0) is 4.79 Å². The van der Waals surface area contributed by atoms with Crippen molar-refractivity contribution in [2.45, 2.75) is 23.2 Å². The van der Waals surface area contributed by atoms with Crippen molar-refractivity contribution in [1.82, 2.24) is 0 Å². The lowest BCUT2D eigenvalue weighted by Gasteiger charge is -2.22. The number of Topliss-reactive ketones (excluding diaryl/α,β-unsaturated/α-hetero) is 1. The van der Waals surface area contributed by atoms with Crippen LogP contribution in [0.5, 0.6) is 0 Å². The number of carbonyl (C=O) groups excluding carboxylic acids is 1. The summed E-state index contributed by atoms with van der Waals surface area (Å²) in [5.74, 6) is 0.832. The van der Waals surface area contributed by atoms with Crippen molar-refractivity contribution in [3.63, 3.8) is 0 Å². The van der Waals surface area contributed by atoms with Crippen LogP contribution in [0.2, 0.25) is 0 Å². The summed E-state index contributed by atoms with van der Waals surface area (Å²) in [6, 6.07) is 0. The number of hydrogen-bond donors (Lipinski definition) is 0. The molecular weight excluding hydrogens is 239 g/mol. The fraction of sp³-hybridized carbons (Fsp3) is 0.625. The van der Waals surface area contributed by atoms with Gasteiger partial charge in [-0.3, -0.25) is 4.79 Å². The van der Waals surface area contributed by atoms with E-state index in [1.54, 1.807) is 0 Å². The first-order chi connectivity index (χ1) is 4.75. The molecule has 0 unspecified atom stereocenters. The Labute approximate surface area is 75.0 Å². The van der Waals surface area contributed by atoms with Crippen molar-refractivity contribution in [2.75, 3.05) is 0 Å². The van der Waals surface area contributed by atoms with E-state index in [1.165, 1.54) is 0 Å². The van der Waals surface area contributed by atoms with Gasteiger partial charge in [-0.05, 0) is 18.8 Å². The van der Waals surface area contributed by atoms with Gasteiger partial charge in [-0.25, -0.2) is 0 Å². The maximum atomic E-state index is 11.1. The highest BCUT2D eigenvalue weighted by Gasteiger charge is 2.26. The van der Waals surface area contributed by atoms with Crippen molar-refractivity contribution in [1.29, 1.82) is 0 Å². The first-order valence-corrected chi connectivity index (χ1v) is 4.79. The summed E-state index contributed by atoms with van der Waals surface area (Å²) >= 11 is 2.22. The van der Waals surface area contributed by atoms with Gasteiger partial charge >= 0.3 is 0 Å². The largest absolute Gasteiger partial charge is 0.299 e. The SMILES string of the molecule is C=C[C@H]1CCCC(=O)[C@H]1I. The molecule has 1 aliphatic rings. The number of alkyl halides is 1. The highest BCUT2D eigenvalue weighted by atomic mass is 127. The Morgan fingerprint density at radius 3 is 2.90 bits per heavy atom. The smallest absolute Gasteiger partial charge is 0.146 e. The molecule has 0 heterocycles. The van der Waals surface area contributed by atoms with Gasteiger partial charge in [0, 0.05) is 6.42 Å². The quantitative estimate of drug-likeness (QED) is 0.396. The lowest BCUT2D eigenvalue weighted by atomic mass is 9.88. The minimum atomic E-state index is 0.198. The predicted molar refractivity (Wildman–Crippen MR) is 50.4 cm³/mol. The van der Waals surface area contributed by atoms with E-state index in [2.05, 4.69) is 29.2 Å². The Kier molecular flexibility index (Phi) is 2.89. The van der Waals surface area contributed by atoms with Gasteiger partial charge in [-0.1, -0.05) is 28.7 Å². The van der Waals surface area contributed by atoms with Crippen LogP contribution in [-0.4, -0.2) is 9.71 Å². The van der Waals surface area contributed by atoms with E-state index < -0.39 is 0 Å². The van der Waals surface area contributed by atoms with Gasteiger partial charge in [0.2, 0.25) is 0 Å². The number of carbonyl (C=O) groups is 1. The third-order valence-corrected chi connectivity index (χ3v) is 3.57. The Morgan fingerprint density at radius 2 is 2.40 bits per heavy atom. The Bertz CT molecular complexity index is 153. The fourth-order valence-corrected chi connectivity index (χ4v) is 2.24. The number of halogens is 1. The average Bonchev–Trinajstić information content (AvgIpc) is 1.95. The van der Waals surface area contributed by atoms with Gasteiger partial charge in [-0.2, -0.15) is 0 Å². The molecule has 0 amide bonds. The zero-order valence-corrected chi connectivity index (χ0v) is 8.00. The first kappa shape index (κ1) is 8.24. The number of allylic oxidation sites excluding steroid dienone is 1. The Morgan fingerprint density at radius 1 is 1.70 bits per heavy atom. The number of rotatable bonds is 1. The van der Waals surface area contributed by atoms with Crippen LogP contribution < -0.4 is 0 Å². The topological polar surface area (TPSA) is 17.1 Å². The maximum Gasteiger partial charge on any atom is 0.146 e. The Balaban J connectivity index is 2.59. The normalized spacial score (nSPS) is 33.9. The molecule has 0 spiro atoms. The van der Waals surface area contributed by atoms with Crippen LogP contribution >= 0.6 is 22.6 Å². The molecule has 56 valence electrons. The van der Waals surface area contributed by atoms with E-state index >= 15 is 0 Å². The van der Waals surface area contributed by atoms with Gasteiger partial charge in [0.15, 0.2) is 0 Å². The van der Waals surface area contributed by atoms with Crippen LogP contribution in [0.3, 0.4) is 0 Å². The van der Waals surface area contributed by atoms with Crippen molar-refractivity contribution < 1.29 is 4.79 Å². The molecule has 0 saturated heterocycles. The summed E-state index contributed by atoms with van der Waals surface area (Å²) < 4.78 is 0.198. The molecule has 10 heavy (non-hydrogen) atoms. The molecule has 0 aliphatic heterocycles. The van der Waals surface area contributed by atoms with Crippen LogP contribution in [0.1, 0.15) is 19.3 Å². The molecule has 2 heteroatoms. The van der Waals surface area contributed by atoms with Crippen LogP contribution in [0.25, 0.3) is 0 Å². The molecule has 2 atom stereocenters. The Hall–Kier alpha value is 0.140. The summed E-state index contributed by atoms with van der Waals surface area (Å²) in [6.45, 7) is 3.71. The van der Waals surface area contributed by atoms with Crippen molar-refractivity contribution in [3.05, 3.63) is 12.7 Å². The number of ketones is 1. The van der Waals surface area contributed by atoms with E-state index in [-0.39, 0.29) is 3.92 Å². The van der Waals surface area contributed by atoms with Gasteiger partial charge in [0.1, 0.15) is 5.78 Å². The first-order valence-electron chi connectivity index (χ1n) is 3.55. The molecule has 0 radical (unpaired) electrons. The summed E-state index contributed by atoms with van der Waals surface area (Å²) in [5.41, 5.74) is 0. The second-order valence-electron chi connectivity index (χ2n) is 2.66. The van der Waals surface area contributed by atoms with Crippen LogP contribution in [0, 0.1) is 5.92 Å². The fourth-order valence-electron chi connectivity index (χ4n) is 1.27. The molecular formula is C8H11IO. The summed E-state index contributed by atoms with van der Waals surface area (Å²) in [7, 11) is 0. The highest BCUT2D eigenvalue weighted by molar-refractivity contribution is 14.1. The molecule has 0 bridgehead atoms. The third kappa shape index (κ3) is 1.59. The molecule has 1 saturated carbocycles. The van der Waals surface area contributed by atoms with Gasteiger partial charge in [0.25, 0.3) is 0 Å². The zero-order valence-electron chi connectivity index (χ0n) is 5.85. The average molecular weight is 250 g/mol. The second-order valence-corrected chi connectivity index (χ2v) is 4.00. The van der Waals surface area contributed by atoms with E-state index in [0.29, 0.717) is 11.7 Å². The standard InChI is InChI=1S/C8H11IO/c1-2-6-4-3-5-7(10)8(6)9/h2,6,8H,1,3-5H2/t6-,8-/m0/s1. The van der Waals surface area contributed by atoms with Gasteiger partial charge in [-0.15, -0.1) is 6.58 Å². The lowest BCUT2D eigenvalue weighted by Crippen LogP contribution is -2.26. The van der Waals surface area contributed by atoms with Crippen LogP contribution in [0.15, 0.2) is 12.7 Å². The van der Waals surface area contributed by atoms with E-state index in [0.717, 1.165) is 19.3 Å². The van der Waals surface area contributed by atoms with E-state index in [9.17, 15) is 4.79 Å². The molecule has 1 rings (SSSR count). The van der Waals surface area contributed by atoms with Crippen LogP contribution in [0.4, 0.5) is 0 Å². The minimum Gasteiger partial charge on any atom is -0.299 e. The van der Waals surface area contributed by atoms with Gasteiger partial charge in [0.05, 0.1) is 3.92 Å². The highest BCUT2D eigenvalue weighted by Crippen LogP contribution is 2.28. The predicted octanol–water partition coefficient (Wildman–Crippen LogP) is 2.35. The van der Waals surface area contributed by atoms with Crippen molar-refractivity contribution in [2.24, 2.45) is 5.92 Å². The van der Waals surface area contributed by atoms with Gasteiger partial charge < -0.3 is 0 Å². The molecule has 0 N–H and O–H groups in total. The summed E-state index contributed by atoms with van der Waals surface area (Å²) in [4.78, 5) is 11.1.